The number of thioether (sulfide) groups is 1. The maximum atomic E-state index is 12.2. The van der Waals surface area contributed by atoms with Gasteiger partial charge in [0.2, 0.25) is 5.91 Å². The van der Waals surface area contributed by atoms with Gasteiger partial charge in [0.25, 0.3) is 5.56 Å². The number of nitrogens with zero attached hydrogens (tertiary/aromatic N) is 2. The van der Waals surface area contributed by atoms with Crippen molar-refractivity contribution in [2.45, 2.75) is 18.1 Å². The molecule has 1 aromatic heterocycles. The molecule has 0 bridgehead atoms. The van der Waals surface area contributed by atoms with Gasteiger partial charge in [-0.25, -0.2) is 4.98 Å². The Morgan fingerprint density at radius 3 is 2.91 bits per heavy atom. The molecule has 0 saturated carbocycles. The maximum Gasteiger partial charge on any atom is 0.261 e. The third kappa shape index (κ3) is 3.86. The van der Waals surface area contributed by atoms with E-state index in [2.05, 4.69) is 10.3 Å². The average Bonchev–Trinajstić information content (AvgIpc) is 2.49. The molecule has 1 atom stereocenters. The molecule has 0 fully saturated rings. The number of carbonyl (C=O) groups is 1. The molecule has 1 N–H and O–H groups in total. The number of nitrogens with one attached hydrogen (secondary N) is 1. The molecule has 0 aliphatic carbocycles. The predicted octanol–water partition coefficient (Wildman–Crippen LogP) is 1.18. The highest BCUT2D eigenvalue weighted by molar-refractivity contribution is 7.99. The van der Waals surface area contributed by atoms with Crippen molar-refractivity contribution < 1.29 is 9.53 Å². The molecule has 1 heterocycles. The van der Waals surface area contributed by atoms with Crippen LogP contribution in [0, 0.1) is 0 Å². The number of benzene rings is 1. The monoisotopic (exact) mass is 321 g/mol. The van der Waals surface area contributed by atoms with E-state index < -0.39 is 0 Å². The van der Waals surface area contributed by atoms with E-state index in [0.29, 0.717) is 22.7 Å². The number of rotatable bonds is 6. The molecule has 1 amide bonds. The Hall–Kier alpha value is -1.86. The summed E-state index contributed by atoms with van der Waals surface area (Å²) >= 11 is 1.24. The fourth-order valence-electron chi connectivity index (χ4n) is 2.06. The summed E-state index contributed by atoms with van der Waals surface area (Å²) in [5.41, 5.74) is 0.530. The van der Waals surface area contributed by atoms with Crippen LogP contribution < -0.4 is 10.9 Å². The first-order chi connectivity index (χ1) is 10.5. The zero-order valence-corrected chi connectivity index (χ0v) is 13.6. The molecule has 0 aliphatic heterocycles. The summed E-state index contributed by atoms with van der Waals surface area (Å²) in [6.45, 7) is 2.33. The summed E-state index contributed by atoms with van der Waals surface area (Å²) in [7, 11) is 3.25. The van der Waals surface area contributed by atoms with Crippen molar-refractivity contribution in [2.75, 3.05) is 19.5 Å². The first-order valence-electron chi connectivity index (χ1n) is 6.89. The second-order valence-electron chi connectivity index (χ2n) is 4.99. The summed E-state index contributed by atoms with van der Waals surface area (Å²) in [5.74, 6) is 0.0871. The van der Waals surface area contributed by atoms with Crippen molar-refractivity contribution in [3.05, 3.63) is 34.6 Å². The average molecular weight is 321 g/mol. The van der Waals surface area contributed by atoms with Gasteiger partial charge in [-0.1, -0.05) is 23.9 Å². The maximum absolute atomic E-state index is 12.2. The molecule has 2 rings (SSSR count). The van der Waals surface area contributed by atoms with Gasteiger partial charge in [0.05, 0.1) is 23.3 Å². The Balaban J connectivity index is 2.10. The second-order valence-corrected chi connectivity index (χ2v) is 5.93. The molecule has 2 aromatic rings. The van der Waals surface area contributed by atoms with Crippen LogP contribution in [0.25, 0.3) is 10.9 Å². The van der Waals surface area contributed by atoms with Crippen LogP contribution in [0.15, 0.2) is 34.2 Å². The predicted molar refractivity (Wildman–Crippen MR) is 87.2 cm³/mol. The Morgan fingerprint density at radius 1 is 1.45 bits per heavy atom. The van der Waals surface area contributed by atoms with Gasteiger partial charge in [-0.3, -0.25) is 14.2 Å². The number of hydrogen-bond acceptors (Lipinski definition) is 5. The number of fused-ring (bicyclic) bond motifs is 1. The zero-order valence-electron chi connectivity index (χ0n) is 12.8. The van der Waals surface area contributed by atoms with E-state index in [0.717, 1.165) is 0 Å². The van der Waals surface area contributed by atoms with Gasteiger partial charge in [0, 0.05) is 20.2 Å². The van der Waals surface area contributed by atoms with Crippen molar-refractivity contribution in [3.8, 4) is 0 Å². The van der Waals surface area contributed by atoms with Crippen LogP contribution in [0.4, 0.5) is 0 Å². The molecule has 0 aliphatic rings. The van der Waals surface area contributed by atoms with Crippen LogP contribution in [-0.2, 0) is 16.6 Å². The molecule has 0 spiro atoms. The molecular weight excluding hydrogens is 302 g/mol. The quantitative estimate of drug-likeness (QED) is 0.639. The molecule has 1 unspecified atom stereocenters. The van der Waals surface area contributed by atoms with Gasteiger partial charge in [0.1, 0.15) is 0 Å². The summed E-state index contributed by atoms with van der Waals surface area (Å²) in [6, 6.07) is 7.14. The highest BCUT2D eigenvalue weighted by Crippen LogP contribution is 2.16. The molecule has 7 heteroatoms. The highest BCUT2D eigenvalue weighted by Gasteiger charge is 2.12. The smallest absolute Gasteiger partial charge is 0.261 e. The second kappa shape index (κ2) is 7.42. The van der Waals surface area contributed by atoms with Crippen molar-refractivity contribution in [3.63, 3.8) is 0 Å². The number of hydrogen-bond donors (Lipinski definition) is 1. The van der Waals surface area contributed by atoms with Crippen LogP contribution in [0.3, 0.4) is 0 Å². The molecular formula is C15H19N3O3S. The fraction of sp³-hybridized carbons (Fsp3) is 0.400. The summed E-state index contributed by atoms with van der Waals surface area (Å²) in [4.78, 5) is 28.6. The topological polar surface area (TPSA) is 73.2 Å². The van der Waals surface area contributed by atoms with E-state index in [1.165, 1.54) is 16.3 Å². The minimum absolute atomic E-state index is 0.0496. The van der Waals surface area contributed by atoms with E-state index in [4.69, 9.17) is 4.74 Å². The van der Waals surface area contributed by atoms with E-state index >= 15 is 0 Å². The van der Waals surface area contributed by atoms with Gasteiger partial charge >= 0.3 is 0 Å². The standard InChI is InChI=1S/C15H19N3O3S/c1-10(8-21-3)16-13(19)9-22-15-17-12-7-5-4-6-11(12)14(20)18(15)2/h4-7,10H,8-9H2,1-3H3,(H,16,19). The Bertz CT molecular complexity index is 730. The third-order valence-corrected chi connectivity index (χ3v) is 4.13. The minimum atomic E-state index is -0.114. The van der Waals surface area contributed by atoms with Gasteiger partial charge in [0.15, 0.2) is 5.16 Å². The van der Waals surface area contributed by atoms with E-state index in [1.807, 2.05) is 19.1 Å². The molecule has 0 radical (unpaired) electrons. The van der Waals surface area contributed by atoms with Gasteiger partial charge < -0.3 is 10.1 Å². The number of aromatic nitrogens is 2. The van der Waals surface area contributed by atoms with Gasteiger partial charge in [-0.15, -0.1) is 0 Å². The van der Waals surface area contributed by atoms with Gasteiger partial charge in [-0.05, 0) is 19.1 Å². The van der Waals surface area contributed by atoms with Gasteiger partial charge in [-0.2, -0.15) is 0 Å². The molecule has 0 saturated heterocycles. The molecule has 118 valence electrons. The third-order valence-electron chi connectivity index (χ3n) is 3.10. The first kappa shape index (κ1) is 16.5. The summed E-state index contributed by atoms with van der Waals surface area (Å²) in [6.07, 6.45) is 0. The van der Waals surface area contributed by atoms with E-state index in [-0.39, 0.29) is 23.3 Å². The fourth-order valence-corrected chi connectivity index (χ4v) is 2.85. The summed E-state index contributed by atoms with van der Waals surface area (Å²) in [5, 5.41) is 3.92. The lowest BCUT2D eigenvalue weighted by Crippen LogP contribution is -2.36. The van der Waals surface area contributed by atoms with Crippen LogP contribution in [0.5, 0.6) is 0 Å². The number of amides is 1. The number of ether oxygens (including phenoxy) is 1. The number of methoxy groups -OCH3 is 1. The van der Waals surface area contributed by atoms with Crippen LogP contribution in [0.2, 0.25) is 0 Å². The van der Waals surface area contributed by atoms with E-state index in [1.54, 1.807) is 26.3 Å². The molecule has 6 nitrogen and oxygen atoms in total. The van der Waals surface area contributed by atoms with Crippen molar-refractivity contribution in [2.24, 2.45) is 7.05 Å². The Morgan fingerprint density at radius 2 is 2.18 bits per heavy atom. The van der Waals surface area contributed by atoms with Crippen LogP contribution in [-0.4, -0.2) is 41.0 Å². The van der Waals surface area contributed by atoms with Crippen LogP contribution >= 0.6 is 11.8 Å². The lowest BCUT2D eigenvalue weighted by Gasteiger charge is -2.13. The van der Waals surface area contributed by atoms with E-state index in [9.17, 15) is 9.59 Å². The van der Waals surface area contributed by atoms with Crippen molar-refractivity contribution >= 4 is 28.6 Å². The molecule has 22 heavy (non-hydrogen) atoms. The Kier molecular flexibility index (Phi) is 5.57. The highest BCUT2D eigenvalue weighted by atomic mass is 32.2. The van der Waals surface area contributed by atoms with Crippen LogP contribution in [0.1, 0.15) is 6.92 Å². The Labute approximate surface area is 132 Å². The zero-order chi connectivity index (χ0) is 16.1. The number of para-hydroxylation sites is 1. The van der Waals surface area contributed by atoms with Crippen molar-refractivity contribution in [1.29, 1.82) is 0 Å². The summed E-state index contributed by atoms with van der Waals surface area (Å²) < 4.78 is 6.44. The molecule has 1 aromatic carbocycles. The SMILES string of the molecule is COCC(C)NC(=O)CSc1nc2ccccc2c(=O)n1C. The first-order valence-corrected chi connectivity index (χ1v) is 7.88. The number of carbonyl (C=O) groups excluding carboxylic acids is 1. The van der Waals surface area contributed by atoms with Crippen molar-refractivity contribution in [1.82, 2.24) is 14.9 Å². The lowest BCUT2D eigenvalue weighted by molar-refractivity contribution is -0.119. The lowest BCUT2D eigenvalue weighted by atomic mass is 10.2. The largest absolute Gasteiger partial charge is 0.383 e. The normalized spacial score (nSPS) is 12.3. The minimum Gasteiger partial charge on any atom is -0.383 e.